The number of piperidine rings is 1. The second-order valence-corrected chi connectivity index (χ2v) is 6.27. The van der Waals surface area contributed by atoms with Gasteiger partial charge < -0.3 is 15.0 Å². The average molecular weight is 342 g/mol. The molecule has 5 heteroatoms. The molecule has 0 saturated carbocycles. The van der Waals surface area contributed by atoms with E-state index in [0.29, 0.717) is 24.0 Å². The lowest BCUT2D eigenvalue weighted by Crippen LogP contribution is -2.44. The molecule has 2 aromatic rings. The summed E-state index contributed by atoms with van der Waals surface area (Å²) in [6.45, 7) is 1.79. The third-order valence-electron chi connectivity index (χ3n) is 4.62. The van der Waals surface area contributed by atoms with Crippen molar-refractivity contribution in [2.24, 2.45) is 0 Å². The minimum absolute atomic E-state index is 0.00394. The van der Waals surface area contributed by atoms with Crippen LogP contribution in [-0.4, -0.2) is 37.0 Å². The van der Waals surface area contributed by atoms with Crippen LogP contribution in [0.15, 0.2) is 48.5 Å². The number of nitrogens with zero attached hydrogens (tertiary/aromatic N) is 1. The molecule has 132 valence electrons. The highest BCUT2D eigenvalue weighted by atomic mass is 19.1. The van der Waals surface area contributed by atoms with Gasteiger partial charge in [-0.1, -0.05) is 24.3 Å². The first-order valence-corrected chi connectivity index (χ1v) is 8.60. The normalized spacial score (nSPS) is 15.2. The van der Waals surface area contributed by atoms with Crippen LogP contribution in [0, 0.1) is 5.82 Å². The Morgan fingerprint density at radius 2 is 1.84 bits per heavy atom. The molecular formula is C20H23FN2O2. The van der Waals surface area contributed by atoms with Crippen LogP contribution in [0.2, 0.25) is 0 Å². The summed E-state index contributed by atoms with van der Waals surface area (Å²) in [6, 6.07) is 14.0. The monoisotopic (exact) mass is 342 g/mol. The number of hydrogen-bond donors (Lipinski definition) is 1. The number of benzene rings is 2. The summed E-state index contributed by atoms with van der Waals surface area (Å²) in [5.74, 6) is 0.293. The SMILES string of the molecule is CNC1CCN(C(=O)c2ccccc2OCc2ccc(F)cc2)CC1. The van der Waals surface area contributed by atoms with Crippen molar-refractivity contribution in [1.29, 1.82) is 0 Å². The van der Waals surface area contributed by atoms with Crippen LogP contribution < -0.4 is 10.1 Å². The molecule has 0 unspecified atom stereocenters. The molecule has 0 atom stereocenters. The summed E-state index contributed by atoms with van der Waals surface area (Å²) in [5, 5.41) is 3.27. The minimum Gasteiger partial charge on any atom is -0.488 e. The smallest absolute Gasteiger partial charge is 0.257 e. The Bertz CT molecular complexity index is 710. The molecule has 1 fully saturated rings. The largest absolute Gasteiger partial charge is 0.488 e. The summed E-state index contributed by atoms with van der Waals surface area (Å²) in [4.78, 5) is 14.7. The molecule has 0 aromatic heterocycles. The number of hydrogen-bond acceptors (Lipinski definition) is 3. The maximum atomic E-state index is 13.0. The molecule has 25 heavy (non-hydrogen) atoms. The number of carbonyl (C=O) groups is 1. The van der Waals surface area contributed by atoms with Gasteiger partial charge in [0, 0.05) is 19.1 Å². The molecule has 1 N–H and O–H groups in total. The van der Waals surface area contributed by atoms with Crippen molar-refractivity contribution in [3.05, 3.63) is 65.5 Å². The average Bonchev–Trinajstić information content (AvgIpc) is 2.67. The van der Waals surface area contributed by atoms with E-state index in [4.69, 9.17) is 4.74 Å². The first-order chi connectivity index (χ1) is 12.2. The Morgan fingerprint density at radius 3 is 2.52 bits per heavy atom. The fourth-order valence-electron chi connectivity index (χ4n) is 3.05. The van der Waals surface area contributed by atoms with Gasteiger partial charge in [-0.3, -0.25) is 4.79 Å². The molecule has 0 bridgehead atoms. The lowest BCUT2D eigenvalue weighted by atomic mass is 10.0. The number of likely N-dealkylation sites (tertiary alicyclic amines) is 1. The molecule has 0 aliphatic carbocycles. The number of nitrogens with one attached hydrogen (secondary N) is 1. The van der Waals surface area contributed by atoms with E-state index in [-0.39, 0.29) is 11.7 Å². The highest BCUT2D eigenvalue weighted by Crippen LogP contribution is 2.23. The fraction of sp³-hybridized carbons (Fsp3) is 0.350. The van der Waals surface area contributed by atoms with Gasteiger partial charge in [0.15, 0.2) is 0 Å². The fourth-order valence-corrected chi connectivity index (χ4v) is 3.05. The van der Waals surface area contributed by atoms with Crippen molar-refractivity contribution in [2.45, 2.75) is 25.5 Å². The first kappa shape index (κ1) is 17.4. The second-order valence-electron chi connectivity index (χ2n) is 6.27. The lowest BCUT2D eigenvalue weighted by molar-refractivity contribution is 0.0702. The van der Waals surface area contributed by atoms with Crippen LogP contribution >= 0.6 is 0 Å². The summed E-state index contributed by atoms with van der Waals surface area (Å²) in [6.07, 6.45) is 1.92. The highest BCUT2D eigenvalue weighted by Gasteiger charge is 2.24. The van der Waals surface area contributed by atoms with E-state index in [0.717, 1.165) is 31.5 Å². The van der Waals surface area contributed by atoms with Crippen LogP contribution in [-0.2, 0) is 6.61 Å². The van der Waals surface area contributed by atoms with Gasteiger partial charge >= 0.3 is 0 Å². The number of para-hydroxylation sites is 1. The van der Waals surface area contributed by atoms with Gasteiger partial charge in [-0.05, 0) is 49.7 Å². The molecule has 0 spiro atoms. The van der Waals surface area contributed by atoms with Gasteiger partial charge in [0.1, 0.15) is 18.2 Å². The van der Waals surface area contributed by atoms with Crippen molar-refractivity contribution >= 4 is 5.91 Å². The zero-order valence-corrected chi connectivity index (χ0v) is 14.4. The summed E-state index contributed by atoms with van der Waals surface area (Å²) in [7, 11) is 1.96. The van der Waals surface area contributed by atoms with Crippen LogP contribution in [0.3, 0.4) is 0 Å². The van der Waals surface area contributed by atoms with Gasteiger partial charge in [0.25, 0.3) is 5.91 Å². The van der Waals surface area contributed by atoms with E-state index < -0.39 is 0 Å². The Labute approximate surface area is 147 Å². The van der Waals surface area contributed by atoms with Crippen molar-refractivity contribution < 1.29 is 13.9 Å². The van der Waals surface area contributed by atoms with Crippen LogP contribution in [0.4, 0.5) is 4.39 Å². The molecular weight excluding hydrogens is 319 g/mol. The quantitative estimate of drug-likeness (QED) is 0.907. The summed E-state index contributed by atoms with van der Waals surface area (Å²) >= 11 is 0. The molecule has 1 saturated heterocycles. The second kappa shape index (κ2) is 8.12. The van der Waals surface area contributed by atoms with Crippen molar-refractivity contribution in [3.8, 4) is 5.75 Å². The molecule has 3 rings (SSSR count). The standard InChI is InChI=1S/C20H23FN2O2/c1-22-17-10-12-23(13-11-17)20(24)18-4-2-3-5-19(18)25-14-15-6-8-16(21)9-7-15/h2-9,17,22H,10-14H2,1H3. The Balaban J connectivity index is 1.68. The van der Waals surface area contributed by atoms with Gasteiger partial charge in [-0.2, -0.15) is 0 Å². The summed E-state index contributed by atoms with van der Waals surface area (Å²) in [5.41, 5.74) is 1.44. The number of rotatable bonds is 5. The minimum atomic E-state index is -0.274. The molecule has 1 amide bonds. The van der Waals surface area contributed by atoms with Gasteiger partial charge in [0.2, 0.25) is 0 Å². The van der Waals surface area contributed by atoms with Crippen LogP contribution in [0.5, 0.6) is 5.75 Å². The maximum absolute atomic E-state index is 13.0. The van der Waals surface area contributed by atoms with Crippen LogP contribution in [0.25, 0.3) is 0 Å². The third-order valence-corrected chi connectivity index (χ3v) is 4.62. The number of halogens is 1. The predicted octanol–water partition coefficient (Wildman–Crippen LogP) is 3.23. The lowest BCUT2D eigenvalue weighted by Gasteiger charge is -2.32. The van der Waals surface area contributed by atoms with Crippen LogP contribution in [0.1, 0.15) is 28.8 Å². The van der Waals surface area contributed by atoms with Gasteiger partial charge in [-0.25, -0.2) is 4.39 Å². The summed E-state index contributed by atoms with van der Waals surface area (Å²) < 4.78 is 18.8. The highest BCUT2D eigenvalue weighted by molar-refractivity contribution is 5.97. The molecule has 1 heterocycles. The van der Waals surface area contributed by atoms with E-state index in [9.17, 15) is 9.18 Å². The number of carbonyl (C=O) groups excluding carboxylic acids is 1. The molecule has 1 aliphatic rings. The maximum Gasteiger partial charge on any atom is 0.257 e. The van der Waals surface area contributed by atoms with E-state index in [1.165, 1.54) is 12.1 Å². The molecule has 2 aromatic carbocycles. The zero-order chi connectivity index (χ0) is 17.6. The Kier molecular flexibility index (Phi) is 5.66. The van der Waals surface area contributed by atoms with Crippen molar-refractivity contribution in [1.82, 2.24) is 10.2 Å². The molecule has 0 radical (unpaired) electrons. The number of amides is 1. The predicted molar refractivity (Wildman–Crippen MR) is 95.2 cm³/mol. The van der Waals surface area contributed by atoms with E-state index in [2.05, 4.69) is 5.32 Å². The Hall–Kier alpha value is -2.40. The third kappa shape index (κ3) is 4.37. The first-order valence-electron chi connectivity index (χ1n) is 8.60. The van der Waals surface area contributed by atoms with E-state index in [1.54, 1.807) is 24.3 Å². The van der Waals surface area contributed by atoms with E-state index >= 15 is 0 Å². The van der Waals surface area contributed by atoms with Crippen molar-refractivity contribution in [3.63, 3.8) is 0 Å². The van der Waals surface area contributed by atoms with Gasteiger partial charge in [0.05, 0.1) is 5.56 Å². The van der Waals surface area contributed by atoms with Crippen molar-refractivity contribution in [2.75, 3.05) is 20.1 Å². The van der Waals surface area contributed by atoms with E-state index in [1.807, 2.05) is 24.1 Å². The van der Waals surface area contributed by atoms with Gasteiger partial charge in [-0.15, -0.1) is 0 Å². The zero-order valence-electron chi connectivity index (χ0n) is 14.4. The molecule has 4 nitrogen and oxygen atoms in total. The molecule has 1 aliphatic heterocycles. The Morgan fingerprint density at radius 1 is 1.16 bits per heavy atom. The topological polar surface area (TPSA) is 41.6 Å². The number of ether oxygens (including phenoxy) is 1.